The number of anilines is 1. The van der Waals surface area contributed by atoms with Crippen LogP contribution in [0.2, 0.25) is 0 Å². The summed E-state index contributed by atoms with van der Waals surface area (Å²) in [6.07, 6.45) is 5.62. The summed E-state index contributed by atoms with van der Waals surface area (Å²) in [5.41, 5.74) is 4.39. The van der Waals surface area contributed by atoms with E-state index in [4.69, 9.17) is 16.6 Å². The highest BCUT2D eigenvalue weighted by molar-refractivity contribution is 7.80. The van der Waals surface area contributed by atoms with Gasteiger partial charge in [-0.3, -0.25) is 4.98 Å². The fraction of sp³-hybridized carbons (Fsp3) is 0.167. The molecule has 30 heavy (non-hydrogen) atoms. The van der Waals surface area contributed by atoms with Crippen LogP contribution in [-0.4, -0.2) is 14.7 Å². The first-order valence-corrected chi connectivity index (χ1v) is 10.4. The van der Waals surface area contributed by atoms with E-state index in [1.807, 2.05) is 36.5 Å². The van der Waals surface area contributed by atoms with Crippen LogP contribution in [-0.2, 0) is 6.54 Å². The summed E-state index contributed by atoms with van der Waals surface area (Å²) in [4.78, 5) is 6.82. The Bertz CT molecular complexity index is 1140. The molecule has 1 aliphatic rings. The number of thiocarbonyl (C=S) groups is 1. The van der Waals surface area contributed by atoms with Gasteiger partial charge in [-0.05, 0) is 67.7 Å². The van der Waals surface area contributed by atoms with Crippen LogP contribution in [0.5, 0.6) is 0 Å². The Kier molecular flexibility index (Phi) is 4.85. The van der Waals surface area contributed by atoms with Crippen LogP contribution in [0.15, 0.2) is 89.8 Å². The third-order valence-corrected chi connectivity index (χ3v) is 5.80. The van der Waals surface area contributed by atoms with Crippen molar-refractivity contribution in [2.24, 2.45) is 0 Å². The van der Waals surface area contributed by atoms with Crippen molar-refractivity contribution < 1.29 is 4.42 Å². The lowest BCUT2D eigenvalue weighted by Crippen LogP contribution is -2.30. The summed E-state index contributed by atoms with van der Waals surface area (Å²) in [6.45, 7) is 2.75. The minimum absolute atomic E-state index is 0.0416. The first-order valence-electron chi connectivity index (χ1n) is 9.95. The van der Waals surface area contributed by atoms with E-state index in [1.54, 1.807) is 6.26 Å². The lowest BCUT2D eigenvalue weighted by molar-refractivity contribution is 0.475. The number of aryl methyl sites for hydroxylation is 1. The SMILES string of the molecule is Cc1ccc(N2C(=S)N[C@@H](c3ccccn3)[C@@H]2c2cccn2Cc2ccco2)cc1. The molecular weight excluding hydrogens is 392 g/mol. The second-order valence-corrected chi connectivity index (χ2v) is 7.86. The number of nitrogens with one attached hydrogen (secondary N) is 1. The van der Waals surface area contributed by atoms with Crippen LogP contribution in [0.3, 0.4) is 0 Å². The average Bonchev–Trinajstić information content (AvgIpc) is 3.50. The zero-order valence-corrected chi connectivity index (χ0v) is 17.4. The molecule has 4 aromatic rings. The predicted octanol–water partition coefficient (Wildman–Crippen LogP) is 5.01. The van der Waals surface area contributed by atoms with Gasteiger partial charge in [-0.25, -0.2) is 0 Å². The number of hydrogen-bond donors (Lipinski definition) is 1. The second-order valence-electron chi connectivity index (χ2n) is 7.47. The van der Waals surface area contributed by atoms with Crippen molar-refractivity contribution in [3.05, 3.63) is 108 Å². The lowest BCUT2D eigenvalue weighted by Gasteiger charge is -2.29. The van der Waals surface area contributed by atoms with E-state index in [0.29, 0.717) is 11.7 Å². The Morgan fingerprint density at radius 3 is 2.63 bits per heavy atom. The fourth-order valence-electron chi connectivity index (χ4n) is 4.05. The molecule has 0 aliphatic carbocycles. The normalized spacial score (nSPS) is 18.6. The summed E-state index contributed by atoms with van der Waals surface area (Å²) in [6, 6.07) is 22.5. The van der Waals surface area contributed by atoms with Gasteiger partial charge in [-0.15, -0.1) is 0 Å². The molecule has 0 spiro atoms. The Hall–Kier alpha value is -3.38. The smallest absolute Gasteiger partial charge is 0.174 e. The first kappa shape index (κ1) is 18.6. The Balaban J connectivity index is 1.60. The quantitative estimate of drug-likeness (QED) is 0.465. The molecule has 0 saturated carbocycles. The van der Waals surface area contributed by atoms with Gasteiger partial charge >= 0.3 is 0 Å². The molecule has 1 aliphatic heterocycles. The van der Waals surface area contributed by atoms with E-state index in [-0.39, 0.29) is 12.1 Å². The summed E-state index contributed by atoms with van der Waals surface area (Å²) in [5, 5.41) is 4.22. The van der Waals surface area contributed by atoms with Gasteiger partial charge in [0.1, 0.15) is 11.8 Å². The largest absolute Gasteiger partial charge is 0.467 e. The molecule has 1 aromatic carbocycles. The summed E-state index contributed by atoms with van der Waals surface area (Å²) < 4.78 is 7.81. The molecule has 2 atom stereocenters. The number of pyridine rings is 1. The van der Waals surface area contributed by atoms with Crippen LogP contribution < -0.4 is 10.2 Å². The Labute approximate surface area is 181 Å². The molecule has 0 amide bonds. The van der Waals surface area contributed by atoms with E-state index >= 15 is 0 Å². The highest BCUT2D eigenvalue weighted by atomic mass is 32.1. The molecule has 0 bridgehead atoms. The molecule has 150 valence electrons. The second kappa shape index (κ2) is 7.80. The van der Waals surface area contributed by atoms with E-state index in [1.165, 1.54) is 5.56 Å². The molecule has 1 saturated heterocycles. The molecule has 4 heterocycles. The zero-order valence-electron chi connectivity index (χ0n) is 16.6. The van der Waals surface area contributed by atoms with E-state index < -0.39 is 0 Å². The third-order valence-electron chi connectivity index (χ3n) is 5.48. The number of rotatable bonds is 5. The maximum absolute atomic E-state index is 5.80. The molecule has 6 heteroatoms. The first-order chi connectivity index (χ1) is 14.7. The van der Waals surface area contributed by atoms with Crippen LogP contribution in [0.4, 0.5) is 5.69 Å². The maximum atomic E-state index is 5.80. The number of furan rings is 1. The Morgan fingerprint density at radius 2 is 1.90 bits per heavy atom. The maximum Gasteiger partial charge on any atom is 0.174 e. The molecule has 5 rings (SSSR count). The lowest BCUT2D eigenvalue weighted by atomic mass is 10.0. The van der Waals surface area contributed by atoms with Crippen molar-refractivity contribution in [2.75, 3.05) is 4.90 Å². The number of aromatic nitrogens is 2. The van der Waals surface area contributed by atoms with Crippen molar-refractivity contribution >= 4 is 23.0 Å². The van der Waals surface area contributed by atoms with Gasteiger partial charge in [0.2, 0.25) is 0 Å². The third kappa shape index (κ3) is 3.39. The highest BCUT2D eigenvalue weighted by Gasteiger charge is 2.42. The molecule has 0 unspecified atom stereocenters. The van der Waals surface area contributed by atoms with Crippen molar-refractivity contribution in [3.63, 3.8) is 0 Å². The van der Waals surface area contributed by atoms with Crippen LogP contribution in [0.25, 0.3) is 0 Å². The number of nitrogens with zero attached hydrogens (tertiary/aromatic N) is 3. The van der Waals surface area contributed by atoms with Gasteiger partial charge in [-0.2, -0.15) is 0 Å². The molecule has 3 aromatic heterocycles. The topological polar surface area (TPSA) is 46.2 Å². The predicted molar refractivity (Wildman–Crippen MR) is 121 cm³/mol. The summed E-state index contributed by atoms with van der Waals surface area (Å²) in [5.74, 6) is 0.914. The van der Waals surface area contributed by atoms with Crippen molar-refractivity contribution in [1.82, 2.24) is 14.9 Å². The average molecular weight is 415 g/mol. The van der Waals surface area contributed by atoms with Crippen LogP contribution in [0.1, 0.15) is 34.8 Å². The van der Waals surface area contributed by atoms with E-state index in [2.05, 4.69) is 69.3 Å². The van der Waals surface area contributed by atoms with Gasteiger partial charge < -0.3 is 19.2 Å². The highest BCUT2D eigenvalue weighted by Crippen LogP contribution is 2.41. The molecule has 5 nitrogen and oxygen atoms in total. The van der Waals surface area contributed by atoms with Crippen molar-refractivity contribution in [2.45, 2.75) is 25.6 Å². The number of benzene rings is 1. The van der Waals surface area contributed by atoms with Gasteiger partial charge in [-0.1, -0.05) is 23.8 Å². The van der Waals surface area contributed by atoms with Crippen molar-refractivity contribution in [1.29, 1.82) is 0 Å². The fourth-order valence-corrected chi connectivity index (χ4v) is 4.39. The minimum Gasteiger partial charge on any atom is -0.467 e. The van der Waals surface area contributed by atoms with Crippen molar-refractivity contribution in [3.8, 4) is 0 Å². The minimum atomic E-state index is -0.0646. The summed E-state index contributed by atoms with van der Waals surface area (Å²) >= 11 is 5.80. The van der Waals surface area contributed by atoms with Gasteiger partial charge in [0.05, 0.1) is 24.5 Å². The Morgan fingerprint density at radius 1 is 1.03 bits per heavy atom. The van der Waals surface area contributed by atoms with Gasteiger partial charge in [0, 0.05) is 23.8 Å². The van der Waals surface area contributed by atoms with Gasteiger partial charge in [0.25, 0.3) is 0 Å². The molecule has 0 radical (unpaired) electrons. The summed E-state index contributed by atoms with van der Waals surface area (Å²) in [7, 11) is 0. The van der Waals surface area contributed by atoms with E-state index in [0.717, 1.165) is 22.8 Å². The number of hydrogen-bond acceptors (Lipinski definition) is 3. The molecule has 1 N–H and O–H groups in total. The molecular formula is C24H22N4OS. The van der Waals surface area contributed by atoms with Gasteiger partial charge in [0.15, 0.2) is 5.11 Å². The standard InChI is InChI=1S/C24H22N4OS/c1-17-9-11-18(12-10-17)28-23(22(26-24(28)30)20-7-2-3-13-25-20)21-8-4-14-27(21)16-19-6-5-15-29-19/h2-15,22-23H,16H2,1H3,(H,26,30)/t22-,23-/m0/s1. The zero-order chi connectivity index (χ0) is 20.5. The molecule has 1 fully saturated rings. The van der Waals surface area contributed by atoms with Crippen LogP contribution >= 0.6 is 12.2 Å². The van der Waals surface area contributed by atoms with Crippen LogP contribution in [0, 0.1) is 6.92 Å². The van der Waals surface area contributed by atoms with E-state index in [9.17, 15) is 0 Å². The monoisotopic (exact) mass is 414 g/mol.